The normalized spacial score (nSPS) is 8.57. The fourth-order valence-corrected chi connectivity index (χ4v) is 0.398. The summed E-state index contributed by atoms with van der Waals surface area (Å²) >= 11 is 1.45. The molecule has 0 aromatic rings. The first-order chi connectivity index (χ1) is 3.41. The van der Waals surface area contributed by atoms with Crippen molar-refractivity contribution in [2.75, 3.05) is 0 Å². The summed E-state index contributed by atoms with van der Waals surface area (Å²) in [7, 11) is 0. The van der Waals surface area contributed by atoms with E-state index in [0.717, 1.165) is 0 Å². The van der Waals surface area contributed by atoms with Crippen molar-refractivity contribution in [2.24, 2.45) is 5.73 Å². The summed E-state index contributed by atoms with van der Waals surface area (Å²) in [6, 6.07) is 0. The fourth-order valence-electron chi connectivity index (χ4n) is 0.133. The Balaban J connectivity index is 3.15. The summed E-state index contributed by atoms with van der Waals surface area (Å²) < 4.78 is 0. The maximum Gasteiger partial charge on any atom is 0.0167 e. The second kappa shape index (κ2) is 5.41. The van der Waals surface area contributed by atoms with Crippen LogP contribution in [0.4, 0.5) is 0 Å². The minimum atomic E-state index is 1.45. The molecule has 0 aromatic carbocycles. The highest BCUT2D eigenvalue weighted by molar-refractivity contribution is 8.04. The third kappa shape index (κ3) is 5.41. The molecule has 0 aliphatic carbocycles. The number of nitrogens with two attached hydrogens (primary N) is 1. The summed E-state index contributed by atoms with van der Waals surface area (Å²) in [5.74, 6) is 0. The fraction of sp³-hybridized carbons (Fsp3) is 0. The Morgan fingerprint density at radius 1 is 1.71 bits per heavy atom. The van der Waals surface area contributed by atoms with E-state index in [1.54, 1.807) is 10.8 Å². The zero-order valence-electron chi connectivity index (χ0n) is 3.92. The molecule has 0 bridgehead atoms. The molecule has 0 saturated heterocycles. The maximum atomic E-state index is 5.00. The second-order valence-electron chi connectivity index (χ2n) is 0.787. The van der Waals surface area contributed by atoms with E-state index < -0.39 is 0 Å². The van der Waals surface area contributed by atoms with Gasteiger partial charge in [-0.2, -0.15) is 0 Å². The molecule has 0 spiro atoms. The molecular formula is C5H7NS. The molecule has 38 valence electrons. The smallest absolute Gasteiger partial charge is 0.0167 e. The maximum absolute atomic E-state index is 5.00. The van der Waals surface area contributed by atoms with Crippen LogP contribution in [0.5, 0.6) is 0 Å². The van der Waals surface area contributed by atoms with Crippen LogP contribution >= 0.6 is 11.8 Å². The van der Waals surface area contributed by atoms with Gasteiger partial charge in [-0.1, -0.05) is 18.3 Å². The Morgan fingerprint density at radius 3 is 2.86 bits per heavy atom. The molecule has 0 unspecified atom stereocenters. The first-order valence-electron chi connectivity index (χ1n) is 1.78. The predicted molar refractivity (Wildman–Crippen MR) is 34.6 cm³/mol. The standard InChI is InChI=1S/C5H7NS/c1-2-4-7-5-3-6/h3-5H,1,6H2/b5-3-. The van der Waals surface area contributed by atoms with Gasteiger partial charge in [-0.3, -0.25) is 0 Å². The van der Waals surface area contributed by atoms with Crippen LogP contribution in [0.15, 0.2) is 29.3 Å². The van der Waals surface area contributed by atoms with Crippen molar-refractivity contribution in [3.05, 3.63) is 29.3 Å². The Morgan fingerprint density at radius 2 is 2.43 bits per heavy atom. The summed E-state index contributed by atoms with van der Waals surface area (Å²) in [6.07, 6.45) is 1.47. The molecule has 1 nitrogen and oxygen atoms in total. The van der Waals surface area contributed by atoms with E-state index in [0.29, 0.717) is 0 Å². The minimum Gasteiger partial charge on any atom is -0.404 e. The van der Waals surface area contributed by atoms with Gasteiger partial charge in [-0.25, -0.2) is 0 Å². The predicted octanol–water partition coefficient (Wildman–Crippen LogP) is 1.45. The molecule has 0 radical (unpaired) electrons. The molecule has 0 saturated carbocycles. The molecule has 0 atom stereocenters. The average molecular weight is 113 g/mol. The van der Waals surface area contributed by atoms with E-state index in [2.05, 4.69) is 12.3 Å². The van der Waals surface area contributed by atoms with Crippen LogP contribution in [0.25, 0.3) is 0 Å². The van der Waals surface area contributed by atoms with Crippen LogP contribution in [0, 0.1) is 0 Å². The molecule has 0 amide bonds. The molecule has 7 heavy (non-hydrogen) atoms. The molecular weight excluding hydrogens is 106 g/mol. The lowest BCUT2D eigenvalue weighted by Crippen LogP contribution is -1.70. The van der Waals surface area contributed by atoms with Crippen molar-refractivity contribution < 1.29 is 0 Å². The van der Waals surface area contributed by atoms with E-state index in [1.807, 2.05) is 0 Å². The van der Waals surface area contributed by atoms with Crippen molar-refractivity contribution >= 4 is 11.8 Å². The molecule has 0 aromatic heterocycles. The third-order valence-electron chi connectivity index (χ3n) is 0.309. The van der Waals surface area contributed by atoms with Gasteiger partial charge in [0.2, 0.25) is 0 Å². The van der Waals surface area contributed by atoms with Crippen LogP contribution in [0.3, 0.4) is 0 Å². The van der Waals surface area contributed by atoms with Gasteiger partial charge in [-0.15, -0.1) is 5.73 Å². The monoisotopic (exact) mass is 113 g/mol. The van der Waals surface area contributed by atoms with Gasteiger partial charge in [0.15, 0.2) is 0 Å². The summed E-state index contributed by atoms with van der Waals surface area (Å²) in [6.45, 7) is 3.36. The van der Waals surface area contributed by atoms with E-state index in [1.165, 1.54) is 18.0 Å². The zero-order chi connectivity index (χ0) is 5.54. The van der Waals surface area contributed by atoms with Gasteiger partial charge in [0.1, 0.15) is 0 Å². The SMILES string of the molecule is C=C=CS/C=C\N. The van der Waals surface area contributed by atoms with E-state index >= 15 is 0 Å². The zero-order valence-corrected chi connectivity index (χ0v) is 4.74. The number of hydrogen-bond donors (Lipinski definition) is 1. The topological polar surface area (TPSA) is 26.0 Å². The highest BCUT2D eigenvalue weighted by Gasteiger charge is 1.60. The summed E-state index contributed by atoms with van der Waals surface area (Å²) in [5, 5.41) is 3.47. The van der Waals surface area contributed by atoms with Crippen LogP contribution in [0.1, 0.15) is 0 Å². The number of hydrogen-bond acceptors (Lipinski definition) is 2. The molecule has 2 N–H and O–H groups in total. The van der Waals surface area contributed by atoms with Crippen LogP contribution < -0.4 is 5.73 Å². The van der Waals surface area contributed by atoms with Crippen LogP contribution in [-0.2, 0) is 0 Å². The lowest BCUT2D eigenvalue weighted by atomic mass is 11.0. The lowest BCUT2D eigenvalue weighted by Gasteiger charge is -1.70. The van der Waals surface area contributed by atoms with Crippen LogP contribution in [-0.4, -0.2) is 0 Å². The average Bonchev–Trinajstić information content (AvgIpc) is 1.69. The van der Waals surface area contributed by atoms with Crippen molar-refractivity contribution in [1.29, 1.82) is 0 Å². The Labute approximate surface area is 47.6 Å². The Bertz CT molecular complexity index is 101. The number of thioether (sulfide) groups is 1. The van der Waals surface area contributed by atoms with Gasteiger partial charge in [0, 0.05) is 11.6 Å². The molecule has 0 heterocycles. The Hall–Kier alpha value is -0.590. The summed E-state index contributed by atoms with van der Waals surface area (Å²) in [5.41, 5.74) is 7.58. The first-order valence-corrected chi connectivity index (χ1v) is 2.72. The lowest BCUT2D eigenvalue weighted by molar-refractivity contribution is 1.63. The summed E-state index contributed by atoms with van der Waals surface area (Å²) in [4.78, 5) is 0. The molecule has 0 fully saturated rings. The van der Waals surface area contributed by atoms with E-state index in [-0.39, 0.29) is 0 Å². The molecule has 2 heteroatoms. The van der Waals surface area contributed by atoms with Crippen molar-refractivity contribution in [3.63, 3.8) is 0 Å². The van der Waals surface area contributed by atoms with Crippen LogP contribution in [0.2, 0.25) is 0 Å². The van der Waals surface area contributed by atoms with Crippen molar-refractivity contribution in [2.45, 2.75) is 0 Å². The van der Waals surface area contributed by atoms with E-state index in [9.17, 15) is 0 Å². The minimum absolute atomic E-state index is 1.45. The van der Waals surface area contributed by atoms with Gasteiger partial charge in [0.25, 0.3) is 0 Å². The molecule has 0 aliphatic heterocycles. The third-order valence-corrected chi connectivity index (χ3v) is 0.926. The van der Waals surface area contributed by atoms with Gasteiger partial charge in [-0.05, 0) is 5.41 Å². The quantitative estimate of drug-likeness (QED) is 0.548. The van der Waals surface area contributed by atoms with Crippen molar-refractivity contribution in [1.82, 2.24) is 0 Å². The first kappa shape index (κ1) is 6.41. The Kier molecular flexibility index (Phi) is 4.95. The number of rotatable bonds is 2. The highest BCUT2D eigenvalue weighted by Crippen LogP contribution is 1.98. The largest absolute Gasteiger partial charge is 0.404 e. The van der Waals surface area contributed by atoms with Gasteiger partial charge >= 0.3 is 0 Å². The van der Waals surface area contributed by atoms with Gasteiger partial charge in [0.05, 0.1) is 0 Å². The van der Waals surface area contributed by atoms with Gasteiger partial charge < -0.3 is 5.73 Å². The highest BCUT2D eigenvalue weighted by atomic mass is 32.2. The molecule has 0 aliphatic rings. The van der Waals surface area contributed by atoms with E-state index in [4.69, 9.17) is 5.73 Å². The molecule has 0 rings (SSSR count). The second-order valence-corrected chi connectivity index (χ2v) is 1.57. The van der Waals surface area contributed by atoms with Crippen molar-refractivity contribution in [3.8, 4) is 0 Å².